The maximum atomic E-state index is 11.7. The molecule has 0 spiro atoms. The lowest BCUT2D eigenvalue weighted by Crippen LogP contribution is -2.59. The molecule has 3 unspecified atom stereocenters. The van der Waals surface area contributed by atoms with Crippen LogP contribution in [0.2, 0.25) is 0 Å². The highest BCUT2D eigenvalue weighted by Crippen LogP contribution is 2.13. The molecule has 1 heterocycles. The van der Waals surface area contributed by atoms with Crippen LogP contribution in [0, 0.1) is 0 Å². The first kappa shape index (κ1) is 11.5. The Kier molecular flexibility index (Phi) is 3.50. The van der Waals surface area contributed by atoms with E-state index in [-0.39, 0.29) is 18.0 Å². The molecule has 1 rings (SSSR count). The number of piperazine rings is 1. The predicted molar refractivity (Wildman–Crippen MR) is 56.9 cm³/mol. The van der Waals surface area contributed by atoms with Crippen LogP contribution in [0.25, 0.3) is 0 Å². The Morgan fingerprint density at radius 1 is 1.36 bits per heavy atom. The number of carbonyl (C=O) groups is 1. The highest BCUT2D eigenvalue weighted by atomic mass is 16.2. The first-order valence-corrected chi connectivity index (χ1v) is 5.19. The van der Waals surface area contributed by atoms with Gasteiger partial charge in [-0.1, -0.05) is 0 Å². The number of hydrogen-bond donors (Lipinski definition) is 1. The quantitative estimate of drug-likeness (QED) is 0.641. The number of carbonyl (C=O) groups excluding carboxylic acids is 1. The van der Waals surface area contributed by atoms with Crippen LogP contribution >= 0.6 is 0 Å². The minimum Gasteiger partial charge on any atom is -0.336 e. The largest absolute Gasteiger partial charge is 0.336 e. The van der Waals surface area contributed by atoms with Gasteiger partial charge < -0.3 is 10.6 Å². The summed E-state index contributed by atoms with van der Waals surface area (Å²) in [5.41, 5.74) is 5.60. The van der Waals surface area contributed by atoms with Gasteiger partial charge in [0.2, 0.25) is 5.91 Å². The maximum absolute atomic E-state index is 11.7. The van der Waals surface area contributed by atoms with Crippen molar-refractivity contribution in [3.63, 3.8) is 0 Å². The van der Waals surface area contributed by atoms with Crippen molar-refractivity contribution in [1.29, 1.82) is 0 Å². The molecule has 0 saturated carbocycles. The second-order valence-corrected chi connectivity index (χ2v) is 4.42. The Morgan fingerprint density at radius 2 is 1.93 bits per heavy atom. The zero-order chi connectivity index (χ0) is 10.9. The van der Waals surface area contributed by atoms with Crippen LogP contribution in [0.4, 0.5) is 0 Å². The molecular formula is C10H21N3O. The maximum Gasteiger partial charge on any atom is 0.239 e. The molecule has 0 aromatic heterocycles. The zero-order valence-electron chi connectivity index (χ0n) is 9.53. The number of rotatable bonds is 1. The average Bonchev–Trinajstić information content (AvgIpc) is 2.10. The van der Waals surface area contributed by atoms with E-state index in [0.29, 0.717) is 6.04 Å². The van der Waals surface area contributed by atoms with Gasteiger partial charge in [0.15, 0.2) is 0 Å². The van der Waals surface area contributed by atoms with E-state index in [2.05, 4.69) is 25.8 Å². The minimum atomic E-state index is -0.381. The molecule has 14 heavy (non-hydrogen) atoms. The van der Waals surface area contributed by atoms with Gasteiger partial charge in [0.1, 0.15) is 0 Å². The van der Waals surface area contributed by atoms with Crippen molar-refractivity contribution < 1.29 is 4.79 Å². The highest BCUT2D eigenvalue weighted by Gasteiger charge is 2.30. The summed E-state index contributed by atoms with van der Waals surface area (Å²) >= 11 is 0. The minimum absolute atomic E-state index is 0.0671. The van der Waals surface area contributed by atoms with Gasteiger partial charge in [-0.3, -0.25) is 9.69 Å². The molecule has 1 amide bonds. The van der Waals surface area contributed by atoms with Crippen LogP contribution in [0.1, 0.15) is 20.8 Å². The van der Waals surface area contributed by atoms with Crippen molar-refractivity contribution in [2.75, 3.05) is 20.1 Å². The second kappa shape index (κ2) is 4.28. The van der Waals surface area contributed by atoms with E-state index in [4.69, 9.17) is 5.73 Å². The van der Waals surface area contributed by atoms with Gasteiger partial charge in [-0.25, -0.2) is 0 Å². The van der Waals surface area contributed by atoms with Gasteiger partial charge in [-0.15, -0.1) is 0 Å². The molecule has 1 saturated heterocycles. The lowest BCUT2D eigenvalue weighted by atomic mass is 10.1. The molecule has 82 valence electrons. The van der Waals surface area contributed by atoms with Gasteiger partial charge in [0, 0.05) is 25.2 Å². The Bertz CT molecular complexity index is 217. The van der Waals surface area contributed by atoms with Crippen molar-refractivity contribution in [2.24, 2.45) is 5.73 Å². The summed E-state index contributed by atoms with van der Waals surface area (Å²) in [7, 11) is 2.09. The van der Waals surface area contributed by atoms with E-state index >= 15 is 0 Å². The molecule has 0 radical (unpaired) electrons. The van der Waals surface area contributed by atoms with E-state index in [1.54, 1.807) is 6.92 Å². The van der Waals surface area contributed by atoms with E-state index in [1.165, 1.54) is 0 Å². The van der Waals surface area contributed by atoms with Crippen molar-refractivity contribution in [3.05, 3.63) is 0 Å². The summed E-state index contributed by atoms with van der Waals surface area (Å²) in [5.74, 6) is 0.0671. The topological polar surface area (TPSA) is 49.6 Å². The smallest absolute Gasteiger partial charge is 0.239 e. The van der Waals surface area contributed by atoms with Crippen LogP contribution in [0.15, 0.2) is 0 Å². The molecule has 4 nitrogen and oxygen atoms in total. The molecule has 1 aliphatic rings. The number of nitrogens with two attached hydrogens (primary N) is 1. The van der Waals surface area contributed by atoms with E-state index < -0.39 is 0 Å². The van der Waals surface area contributed by atoms with Gasteiger partial charge in [0.25, 0.3) is 0 Å². The van der Waals surface area contributed by atoms with E-state index in [1.807, 2.05) is 4.90 Å². The molecule has 0 bridgehead atoms. The Labute approximate surface area is 86.0 Å². The summed E-state index contributed by atoms with van der Waals surface area (Å²) in [6.45, 7) is 7.67. The van der Waals surface area contributed by atoms with Crippen LogP contribution in [-0.4, -0.2) is 54.0 Å². The highest BCUT2D eigenvalue weighted by molar-refractivity contribution is 5.81. The standard InChI is InChI=1S/C10H21N3O/c1-7-6-13(10(14)9(3)11)8(2)5-12(7)4/h7-9H,5-6,11H2,1-4H3. The molecule has 0 aromatic rings. The number of likely N-dealkylation sites (N-methyl/N-ethyl adjacent to an activating group) is 1. The van der Waals surface area contributed by atoms with Crippen molar-refractivity contribution >= 4 is 5.91 Å². The number of amides is 1. The normalized spacial score (nSPS) is 31.6. The summed E-state index contributed by atoms with van der Waals surface area (Å²) in [6, 6.07) is 0.316. The number of nitrogens with zero attached hydrogens (tertiary/aromatic N) is 2. The fourth-order valence-electron chi connectivity index (χ4n) is 1.87. The molecule has 0 aromatic carbocycles. The first-order chi connectivity index (χ1) is 6.43. The van der Waals surface area contributed by atoms with Gasteiger partial charge in [-0.05, 0) is 27.8 Å². The van der Waals surface area contributed by atoms with Crippen molar-refractivity contribution in [1.82, 2.24) is 9.80 Å². The SMILES string of the molecule is CC(N)C(=O)N1CC(C)N(C)CC1C. The van der Waals surface area contributed by atoms with E-state index in [9.17, 15) is 4.79 Å². The summed E-state index contributed by atoms with van der Waals surface area (Å²) < 4.78 is 0. The first-order valence-electron chi connectivity index (χ1n) is 5.19. The fraction of sp³-hybridized carbons (Fsp3) is 0.900. The third kappa shape index (κ3) is 2.25. The lowest BCUT2D eigenvalue weighted by Gasteiger charge is -2.43. The Morgan fingerprint density at radius 3 is 2.43 bits per heavy atom. The van der Waals surface area contributed by atoms with Gasteiger partial charge in [-0.2, -0.15) is 0 Å². The van der Waals surface area contributed by atoms with Gasteiger partial charge in [0.05, 0.1) is 6.04 Å². The summed E-state index contributed by atoms with van der Waals surface area (Å²) in [5, 5.41) is 0. The molecular weight excluding hydrogens is 178 g/mol. The van der Waals surface area contributed by atoms with Crippen LogP contribution in [-0.2, 0) is 4.79 Å². The van der Waals surface area contributed by atoms with Crippen LogP contribution < -0.4 is 5.73 Å². The molecule has 1 aliphatic heterocycles. The zero-order valence-corrected chi connectivity index (χ0v) is 9.53. The molecule has 3 atom stereocenters. The summed E-state index contributed by atoms with van der Waals surface area (Å²) in [4.78, 5) is 15.9. The van der Waals surface area contributed by atoms with Gasteiger partial charge >= 0.3 is 0 Å². The fourth-order valence-corrected chi connectivity index (χ4v) is 1.87. The van der Waals surface area contributed by atoms with Crippen molar-refractivity contribution in [3.8, 4) is 0 Å². The second-order valence-electron chi connectivity index (χ2n) is 4.42. The lowest BCUT2D eigenvalue weighted by molar-refractivity contribution is -0.137. The third-order valence-corrected chi connectivity index (χ3v) is 2.97. The Balaban J connectivity index is 2.66. The van der Waals surface area contributed by atoms with Crippen LogP contribution in [0.3, 0.4) is 0 Å². The Hall–Kier alpha value is -0.610. The van der Waals surface area contributed by atoms with Crippen LogP contribution in [0.5, 0.6) is 0 Å². The number of hydrogen-bond acceptors (Lipinski definition) is 3. The molecule has 1 fully saturated rings. The predicted octanol–water partition coefficient (Wildman–Crippen LogP) is -0.115. The summed E-state index contributed by atoms with van der Waals surface area (Å²) in [6.07, 6.45) is 0. The molecule has 0 aliphatic carbocycles. The molecule has 4 heteroatoms. The van der Waals surface area contributed by atoms with E-state index in [0.717, 1.165) is 13.1 Å². The van der Waals surface area contributed by atoms with Crippen molar-refractivity contribution in [2.45, 2.75) is 38.9 Å². The average molecular weight is 199 g/mol. The monoisotopic (exact) mass is 199 g/mol. The third-order valence-electron chi connectivity index (χ3n) is 2.97. The molecule has 2 N–H and O–H groups in total.